The first kappa shape index (κ1) is 17.4. The van der Waals surface area contributed by atoms with Gasteiger partial charge in [0.2, 0.25) is 0 Å². The summed E-state index contributed by atoms with van der Waals surface area (Å²) in [6.45, 7) is 3.32. The van der Waals surface area contributed by atoms with Crippen molar-refractivity contribution in [3.05, 3.63) is 52.3 Å². The van der Waals surface area contributed by atoms with Crippen molar-refractivity contribution in [3.8, 4) is 0 Å². The number of aliphatic hydroxyl groups is 1. The maximum atomic E-state index is 13.9. The second-order valence-corrected chi connectivity index (χ2v) is 6.48. The van der Waals surface area contributed by atoms with Crippen molar-refractivity contribution >= 4 is 11.5 Å². The fourth-order valence-corrected chi connectivity index (χ4v) is 3.15. The molecule has 1 saturated heterocycles. The zero-order valence-corrected chi connectivity index (χ0v) is 14.4. The van der Waals surface area contributed by atoms with E-state index in [9.17, 15) is 14.3 Å². The molecule has 1 unspecified atom stereocenters. The van der Waals surface area contributed by atoms with Crippen molar-refractivity contribution in [2.45, 2.75) is 31.9 Å². The Balaban J connectivity index is 1.89. The van der Waals surface area contributed by atoms with Crippen molar-refractivity contribution in [1.82, 2.24) is 9.55 Å². The SMILES string of the molecule is CC(Nc1nccn(C)c1=O)c1cc(F)ccc1N1CCC(O)CC1. The Morgan fingerprint density at radius 2 is 2.08 bits per heavy atom. The van der Waals surface area contributed by atoms with Gasteiger partial charge < -0.3 is 19.9 Å². The first-order valence-electron chi connectivity index (χ1n) is 8.46. The third kappa shape index (κ3) is 3.82. The molecule has 0 spiro atoms. The summed E-state index contributed by atoms with van der Waals surface area (Å²) in [7, 11) is 1.66. The number of rotatable bonds is 4. The Hall–Kier alpha value is -2.41. The smallest absolute Gasteiger partial charge is 0.293 e. The van der Waals surface area contributed by atoms with E-state index >= 15 is 0 Å². The van der Waals surface area contributed by atoms with Gasteiger partial charge in [-0.25, -0.2) is 9.37 Å². The van der Waals surface area contributed by atoms with Crippen molar-refractivity contribution < 1.29 is 9.50 Å². The number of aryl methyl sites for hydroxylation is 1. The van der Waals surface area contributed by atoms with E-state index in [1.807, 2.05) is 6.92 Å². The van der Waals surface area contributed by atoms with Gasteiger partial charge in [-0.15, -0.1) is 0 Å². The minimum atomic E-state index is -0.321. The minimum Gasteiger partial charge on any atom is -0.393 e. The van der Waals surface area contributed by atoms with Crippen molar-refractivity contribution in [1.29, 1.82) is 0 Å². The highest BCUT2D eigenvalue weighted by Gasteiger charge is 2.22. The molecule has 25 heavy (non-hydrogen) atoms. The Morgan fingerprint density at radius 1 is 1.36 bits per heavy atom. The van der Waals surface area contributed by atoms with Crippen LogP contribution in [-0.2, 0) is 7.05 Å². The monoisotopic (exact) mass is 346 g/mol. The number of aromatic nitrogens is 2. The Labute approximate surface area is 145 Å². The highest BCUT2D eigenvalue weighted by atomic mass is 19.1. The molecule has 0 bridgehead atoms. The molecule has 1 aromatic heterocycles. The van der Waals surface area contributed by atoms with E-state index in [0.717, 1.165) is 24.3 Å². The lowest BCUT2D eigenvalue weighted by Gasteiger charge is -2.34. The van der Waals surface area contributed by atoms with Crippen LogP contribution in [0.2, 0.25) is 0 Å². The number of hydrogen-bond donors (Lipinski definition) is 2. The van der Waals surface area contributed by atoms with E-state index in [4.69, 9.17) is 0 Å². The van der Waals surface area contributed by atoms with Crippen LogP contribution in [0.3, 0.4) is 0 Å². The summed E-state index contributed by atoms with van der Waals surface area (Å²) in [5.41, 5.74) is 1.46. The fourth-order valence-electron chi connectivity index (χ4n) is 3.15. The van der Waals surface area contributed by atoms with Gasteiger partial charge in [-0.2, -0.15) is 0 Å². The molecule has 7 heteroatoms. The van der Waals surface area contributed by atoms with Crippen LogP contribution in [0.25, 0.3) is 0 Å². The van der Waals surface area contributed by atoms with Gasteiger partial charge in [0.05, 0.1) is 12.1 Å². The maximum Gasteiger partial charge on any atom is 0.293 e. The molecule has 0 amide bonds. The first-order valence-corrected chi connectivity index (χ1v) is 8.46. The summed E-state index contributed by atoms with van der Waals surface area (Å²) in [4.78, 5) is 18.4. The number of piperidine rings is 1. The quantitative estimate of drug-likeness (QED) is 0.887. The molecule has 2 N–H and O–H groups in total. The molecule has 134 valence electrons. The number of nitrogens with zero attached hydrogens (tertiary/aromatic N) is 3. The second kappa shape index (κ2) is 7.23. The Kier molecular flexibility index (Phi) is 5.03. The van der Waals surface area contributed by atoms with Crippen LogP contribution < -0.4 is 15.8 Å². The molecular formula is C18H23FN4O2. The number of halogens is 1. The molecule has 0 radical (unpaired) electrons. The van der Waals surface area contributed by atoms with Gasteiger partial charge in [0.15, 0.2) is 5.82 Å². The van der Waals surface area contributed by atoms with Crippen LogP contribution in [0.4, 0.5) is 15.9 Å². The summed E-state index contributed by atoms with van der Waals surface area (Å²) < 4.78 is 15.3. The van der Waals surface area contributed by atoms with E-state index in [1.54, 1.807) is 25.5 Å². The standard InChI is InChI=1S/C18H23FN4O2/c1-12(21-17-18(25)22(2)10-7-20-17)15-11-13(19)3-4-16(15)23-8-5-14(24)6-9-23/h3-4,7,10-12,14,24H,5-6,8-9H2,1-2H3,(H,20,21). The molecule has 0 saturated carbocycles. The zero-order valence-electron chi connectivity index (χ0n) is 14.4. The fraction of sp³-hybridized carbons (Fsp3) is 0.444. The lowest BCUT2D eigenvalue weighted by molar-refractivity contribution is 0.145. The molecule has 6 nitrogen and oxygen atoms in total. The molecule has 1 aliphatic rings. The topological polar surface area (TPSA) is 70.4 Å². The van der Waals surface area contributed by atoms with Crippen LogP contribution in [0, 0.1) is 5.82 Å². The van der Waals surface area contributed by atoms with Crippen LogP contribution in [0.5, 0.6) is 0 Å². The molecule has 1 atom stereocenters. The molecule has 2 heterocycles. The van der Waals surface area contributed by atoms with Gasteiger partial charge in [0, 0.05) is 43.8 Å². The van der Waals surface area contributed by atoms with Crippen LogP contribution >= 0.6 is 0 Å². The molecule has 1 fully saturated rings. The highest BCUT2D eigenvalue weighted by Crippen LogP contribution is 2.30. The van der Waals surface area contributed by atoms with Crippen molar-refractivity contribution in [2.75, 3.05) is 23.3 Å². The number of hydrogen-bond acceptors (Lipinski definition) is 5. The van der Waals surface area contributed by atoms with Gasteiger partial charge in [-0.3, -0.25) is 4.79 Å². The van der Waals surface area contributed by atoms with Crippen LogP contribution in [0.15, 0.2) is 35.4 Å². The number of nitrogens with one attached hydrogen (secondary N) is 1. The van der Waals surface area contributed by atoms with Gasteiger partial charge >= 0.3 is 0 Å². The average molecular weight is 346 g/mol. The summed E-state index contributed by atoms with van der Waals surface area (Å²) in [5, 5.41) is 12.8. The third-order valence-corrected chi connectivity index (χ3v) is 4.63. The van der Waals surface area contributed by atoms with Crippen molar-refractivity contribution in [2.24, 2.45) is 7.05 Å². The summed E-state index contributed by atoms with van der Waals surface area (Å²) in [6, 6.07) is 4.40. The lowest BCUT2D eigenvalue weighted by Crippen LogP contribution is -2.36. The molecule has 3 rings (SSSR count). The summed E-state index contributed by atoms with van der Waals surface area (Å²) >= 11 is 0. The van der Waals surface area contributed by atoms with E-state index in [0.29, 0.717) is 12.8 Å². The van der Waals surface area contributed by atoms with Gasteiger partial charge in [0.25, 0.3) is 5.56 Å². The minimum absolute atomic E-state index is 0.228. The summed E-state index contributed by atoms with van der Waals surface area (Å²) in [6.07, 6.45) is 4.26. The molecule has 1 aliphatic heterocycles. The van der Waals surface area contributed by atoms with Gasteiger partial charge in [-0.05, 0) is 38.0 Å². The third-order valence-electron chi connectivity index (χ3n) is 4.63. The van der Waals surface area contributed by atoms with E-state index < -0.39 is 0 Å². The lowest BCUT2D eigenvalue weighted by atomic mass is 10.0. The maximum absolute atomic E-state index is 13.9. The normalized spacial score (nSPS) is 16.7. The predicted molar refractivity (Wildman–Crippen MR) is 95.4 cm³/mol. The molecular weight excluding hydrogens is 323 g/mol. The number of anilines is 2. The molecule has 1 aromatic carbocycles. The van der Waals surface area contributed by atoms with E-state index in [1.165, 1.54) is 16.7 Å². The van der Waals surface area contributed by atoms with E-state index in [2.05, 4.69) is 15.2 Å². The predicted octanol–water partition coefficient (Wildman–Crippen LogP) is 2.05. The first-order chi connectivity index (χ1) is 12.0. The number of benzene rings is 1. The largest absolute Gasteiger partial charge is 0.393 e. The number of aliphatic hydroxyl groups excluding tert-OH is 1. The Morgan fingerprint density at radius 3 is 2.80 bits per heavy atom. The molecule has 0 aliphatic carbocycles. The Bertz CT molecular complexity index is 800. The summed E-state index contributed by atoms with van der Waals surface area (Å²) in [5.74, 6) is -0.0832. The van der Waals surface area contributed by atoms with Gasteiger partial charge in [0.1, 0.15) is 5.82 Å². The van der Waals surface area contributed by atoms with Crippen molar-refractivity contribution in [3.63, 3.8) is 0 Å². The second-order valence-electron chi connectivity index (χ2n) is 6.48. The van der Waals surface area contributed by atoms with Crippen LogP contribution in [0.1, 0.15) is 31.4 Å². The molecule has 2 aromatic rings. The van der Waals surface area contributed by atoms with E-state index in [-0.39, 0.29) is 29.3 Å². The zero-order chi connectivity index (χ0) is 18.0. The van der Waals surface area contributed by atoms with Crippen LogP contribution in [-0.4, -0.2) is 33.9 Å². The average Bonchev–Trinajstić information content (AvgIpc) is 2.60. The van der Waals surface area contributed by atoms with Gasteiger partial charge in [-0.1, -0.05) is 0 Å². The highest BCUT2D eigenvalue weighted by molar-refractivity contribution is 5.57.